The van der Waals surface area contributed by atoms with Gasteiger partial charge in [-0.25, -0.2) is 9.38 Å². The monoisotopic (exact) mass is 253 g/mol. The summed E-state index contributed by atoms with van der Waals surface area (Å²) >= 11 is 0. The van der Waals surface area contributed by atoms with Crippen LogP contribution < -0.4 is 11.3 Å². The molecular weight excluding hydrogens is 233 g/mol. The summed E-state index contributed by atoms with van der Waals surface area (Å²) in [5.74, 6) is 5.54. The maximum atomic E-state index is 11.8. The predicted octanol–water partition coefficient (Wildman–Crippen LogP) is 2.38. The molecule has 0 saturated heterocycles. The molecule has 0 saturated carbocycles. The van der Waals surface area contributed by atoms with Crippen LogP contribution in [0.15, 0.2) is 53.8 Å². The quantitative estimate of drug-likeness (QED) is 0.241. The average Bonchev–Trinajstić information content (AvgIpc) is 2.35. The first-order valence-corrected chi connectivity index (χ1v) is 5.62. The van der Waals surface area contributed by atoms with Crippen molar-refractivity contribution in [2.45, 2.75) is 20.0 Å². The van der Waals surface area contributed by atoms with Crippen molar-refractivity contribution in [3.8, 4) is 0 Å². The largest absolute Gasteiger partial charge is 0.470 e. The maximum absolute atomic E-state index is 11.8. The third kappa shape index (κ3) is 9.35. The van der Waals surface area contributed by atoms with E-state index in [1.54, 1.807) is 24.3 Å². The van der Waals surface area contributed by atoms with E-state index in [0.717, 1.165) is 0 Å². The fourth-order valence-electron chi connectivity index (χ4n) is 0.989. The summed E-state index contributed by atoms with van der Waals surface area (Å²) in [7, 11) is 0. The molecular formula is C13H20FN3O. The van der Waals surface area contributed by atoms with Gasteiger partial charge in [0.05, 0.1) is 0 Å². The Labute approximate surface area is 107 Å². The lowest BCUT2D eigenvalue weighted by Crippen LogP contribution is -2.13. The van der Waals surface area contributed by atoms with Gasteiger partial charge in [0.25, 0.3) is 0 Å². The highest BCUT2D eigenvalue weighted by Gasteiger charge is 1.99. The lowest BCUT2D eigenvalue weighted by atomic mass is 10.3. The van der Waals surface area contributed by atoms with Crippen LogP contribution in [-0.4, -0.2) is 18.7 Å². The van der Waals surface area contributed by atoms with Crippen molar-refractivity contribution in [3.63, 3.8) is 0 Å². The minimum atomic E-state index is -0.470. The van der Waals surface area contributed by atoms with E-state index in [4.69, 9.17) is 10.6 Å². The van der Waals surface area contributed by atoms with Gasteiger partial charge in [-0.05, 0) is 26.0 Å². The van der Waals surface area contributed by atoms with Crippen molar-refractivity contribution in [1.29, 1.82) is 0 Å². The van der Waals surface area contributed by atoms with Crippen LogP contribution in [0.1, 0.15) is 13.8 Å². The number of allylic oxidation sites excluding steroid dienone is 4. The van der Waals surface area contributed by atoms with E-state index in [0.29, 0.717) is 5.90 Å². The molecule has 18 heavy (non-hydrogen) atoms. The standard InChI is InChI=1S/C13H20FN3O/c1-3-7-13(16-10-11-17-15)18-12(2)8-5-4-6-9-14/h3-8,10-12,17H,9,15H2,1-2H3/b6-4-,7-3+,8-5-,11-10+,16-13+. The van der Waals surface area contributed by atoms with Crippen LogP contribution in [0.25, 0.3) is 0 Å². The Kier molecular flexibility index (Phi) is 10.4. The van der Waals surface area contributed by atoms with E-state index < -0.39 is 6.67 Å². The summed E-state index contributed by atoms with van der Waals surface area (Å²) < 4.78 is 17.3. The van der Waals surface area contributed by atoms with Crippen molar-refractivity contribution in [3.05, 3.63) is 48.9 Å². The molecule has 0 aromatic heterocycles. The van der Waals surface area contributed by atoms with Gasteiger partial charge in [-0.2, -0.15) is 0 Å². The maximum Gasteiger partial charge on any atom is 0.213 e. The first-order chi connectivity index (χ1) is 8.74. The number of aliphatic imine (C=N–C) groups is 1. The normalized spacial score (nSPS) is 15.2. The van der Waals surface area contributed by atoms with Gasteiger partial charge in [0.15, 0.2) is 0 Å². The van der Waals surface area contributed by atoms with E-state index in [1.807, 2.05) is 19.9 Å². The number of nitrogens with zero attached hydrogens (tertiary/aromatic N) is 1. The molecule has 0 rings (SSSR count). The van der Waals surface area contributed by atoms with Gasteiger partial charge >= 0.3 is 0 Å². The third-order valence-electron chi connectivity index (χ3n) is 1.71. The fourth-order valence-corrected chi connectivity index (χ4v) is 0.989. The fraction of sp³-hybridized carbons (Fsp3) is 0.308. The van der Waals surface area contributed by atoms with Crippen LogP contribution in [0.2, 0.25) is 0 Å². The van der Waals surface area contributed by atoms with Crippen LogP contribution >= 0.6 is 0 Å². The molecule has 5 heteroatoms. The smallest absolute Gasteiger partial charge is 0.213 e. The topological polar surface area (TPSA) is 59.6 Å². The summed E-state index contributed by atoms with van der Waals surface area (Å²) in [6, 6.07) is 0. The van der Waals surface area contributed by atoms with Gasteiger partial charge in [0.1, 0.15) is 12.8 Å². The van der Waals surface area contributed by atoms with Gasteiger partial charge in [0, 0.05) is 12.4 Å². The zero-order chi connectivity index (χ0) is 13.6. The van der Waals surface area contributed by atoms with E-state index in [9.17, 15) is 4.39 Å². The third-order valence-corrected chi connectivity index (χ3v) is 1.71. The Hall–Kier alpha value is -1.88. The summed E-state index contributed by atoms with van der Waals surface area (Å²) in [6.45, 7) is 3.26. The number of hydrazine groups is 1. The Morgan fingerprint density at radius 2 is 2.28 bits per heavy atom. The van der Waals surface area contributed by atoms with Crippen LogP contribution in [0.5, 0.6) is 0 Å². The highest BCUT2D eigenvalue weighted by molar-refractivity contribution is 5.88. The van der Waals surface area contributed by atoms with Crippen LogP contribution in [-0.2, 0) is 4.74 Å². The second kappa shape index (κ2) is 11.6. The SMILES string of the molecule is C/C=C/C(=N\C=C\NN)OC(C)/C=C\C=C/CF. The van der Waals surface area contributed by atoms with E-state index in [2.05, 4.69) is 10.4 Å². The molecule has 100 valence electrons. The number of nitrogens with two attached hydrogens (primary N) is 1. The molecule has 0 aliphatic heterocycles. The molecule has 0 radical (unpaired) electrons. The number of alkyl halides is 1. The van der Waals surface area contributed by atoms with Gasteiger partial charge in [-0.15, -0.1) is 0 Å². The molecule has 0 spiro atoms. The average molecular weight is 253 g/mol. The molecule has 0 aromatic rings. The lowest BCUT2D eigenvalue weighted by Gasteiger charge is -2.09. The molecule has 0 aromatic carbocycles. The number of hydrogen-bond acceptors (Lipinski definition) is 4. The highest BCUT2D eigenvalue weighted by Crippen LogP contribution is 1.98. The zero-order valence-electron chi connectivity index (χ0n) is 10.7. The summed E-state index contributed by atoms with van der Waals surface area (Å²) in [6.07, 6.45) is 13.0. The minimum absolute atomic E-state index is 0.163. The van der Waals surface area contributed by atoms with Crippen molar-refractivity contribution < 1.29 is 9.13 Å². The molecule has 0 heterocycles. The van der Waals surface area contributed by atoms with Crippen molar-refractivity contribution in [1.82, 2.24) is 5.43 Å². The first kappa shape index (κ1) is 16.1. The second-order valence-electron chi connectivity index (χ2n) is 3.24. The zero-order valence-corrected chi connectivity index (χ0v) is 10.7. The molecule has 1 unspecified atom stereocenters. The summed E-state index contributed by atoms with van der Waals surface area (Å²) in [4.78, 5) is 4.06. The van der Waals surface area contributed by atoms with Crippen LogP contribution in [0.3, 0.4) is 0 Å². The molecule has 0 aliphatic rings. The first-order valence-electron chi connectivity index (χ1n) is 5.62. The lowest BCUT2D eigenvalue weighted by molar-refractivity contribution is 0.258. The number of nitrogens with one attached hydrogen (secondary N) is 1. The predicted molar refractivity (Wildman–Crippen MR) is 73.5 cm³/mol. The van der Waals surface area contributed by atoms with Crippen LogP contribution in [0, 0.1) is 0 Å². The Morgan fingerprint density at radius 1 is 1.50 bits per heavy atom. The Balaban J connectivity index is 4.40. The number of halogens is 1. The van der Waals surface area contributed by atoms with Crippen molar-refractivity contribution >= 4 is 5.90 Å². The van der Waals surface area contributed by atoms with Crippen molar-refractivity contribution in [2.24, 2.45) is 10.8 Å². The van der Waals surface area contributed by atoms with Gasteiger partial charge in [0.2, 0.25) is 5.90 Å². The van der Waals surface area contributed by atoms with Crippen molar-refractivity contribution in [2.75, 3.05) is 6.67 Å². The molecule has 0 amide bonds. The molecule has 0 bridgehead atoms. The van der Waals surface area contributed by atoms with Gasteiger partial charge in [-0.1, -0.05) is 24.3 Å². The van der Waals surface area contributed by atoms with E-state index in [1.165, 1.54) is 18.5 Å². The summed E-state index contributed by atoms with van der Waals surface area (Å²) in [5, 5.41) is 0. The molecule has 0 aliphatic carbocycles. The van der Waals surface area contributed by atoms with Gasteiger partial charge in [-0.3, -0.25) is 5.84 Å². The van der Waals surface area contributed by atoms with E-state index >= 15 is 0 Å². The Bertz CT molecular complexity index is 346. The minimum Gasteiger partial charge on any atom is -0.470 e. The molecule has 1 atom stereocenters. The van der Waals surface area contributed by atoms with E-state index in [-0.39, 0.29) is 6.10 Å². The number of ether oxygens (including phenoxy) is 1. The number of hydrogen-bond donors (Lipinski definition) is 2. The number of rotatable bonds is 7. The molecule has 4 nitrogen and oxygen atoms in total. The van der Waals surface area contributed by atoms with Crippen LogP contribution in [0.4, 0.5) is 4.39 Å². The molecule has 3 N–H and O–H groups in total. The molecule has 0 fully saturated rings. The second-order valence-corrected chi connectivity index (χ2v) is 3.24. The summed E-state index contributed by atoms with van der Waals surface area (Å²) in [5.41, 5.74) is 2.34. The highest BCUT2D eigenvalue weighted by atomic mass is 19.1. The van der Waals surface area contributed by atoms with Gasteiger partial charge < -0.3 is 10.2 Å². The Morgan fingerprint density at radius 3 is 2.89 bits per heavy atom.